The summed E-state index contributed by atoms with van der Waals surface area (Å²) in [5.74, 6) is -0.843. The molecule has 1 aliphatic heterocycles. The largest absolute Gasteiger partial charge is 0.505 e. The van der Waals surface area contributed by atoms with Gasteiger partial charge in [-0.05, 0) is 60.9 Å². The van der Waals surface area contributed by atoms with Gasteiger partial charge in [0.05, 0.1) is 5.69 Å². The minimum atomic E-state index is -0.750. The summed E-state index contributed by atoms with van der Waals surface area (Å²) in [6.45, 7) is 0. The third kappa shape index (κ3) is 3.07. The van der Waals surface area contributed by atoms with E-state index in [9.17, 15) is 19.1 Å². The molecule has 6 rings (SSSR count). The molecule has 4 aromatic rings. The molecule has 172 valence electrons. The number of hydrogen-bond acceptors (Lipinski definition) is 5. The van der Waals surface area contributed by atoms with Crippen molar-refractivity contribution in [2.75, 3.05) is 0 Å². The highest BCUT2D eigenvalue weighted by molar-refractivity contribution is 7.99. The van der Waals surface area contributed by atoms with Crippen LogP contribution in [-0.4, -0.2) is 9.67 Å². The Morgan fingerprint density at radius 1 is 1.03 bits per heavy atom. The van der Waals surface area contributed by atoms with Crippen molar-refractivity contribution < 1.29 is 13.9 Å². The van der Waals surface area contributed by atoms with E-state index in [-0.39, 0.29) is 21.3 Å². The summed E-state index contributed by atoms with van der Waals surface area (Å²) in [5.41, 5.74) is 0.984. The fourth-order valence-electron chi connectivity index (χ4n) is 5.45. The van der Waals surface area contributed by atoms with Gasteiger partial charge in [-0.1, -0.05) is 42.6 Å². The van der Waals surface area contributed by atoms with Crippen LogP contribution in [0.25, 0.3) is 16.7 Å². The van der Waals surface area contributed by atoms with Crippen LogP contribution in [0, 0.1) is 5.82 Å². The van der Waals surface area contributed by atoms with Crippen LogP contribution in [0.5, 0.6) is 5.75 Å². The molecule has 0 amide bonds. The lowest BCUT2D eigenvalue weighted by molar-refractivity contribution is 0.346. The van der Waals surface area contributed by atoms with Crippen LogP contribution in [0.15, 0.2) is 72.3 Å². The van der Waals surface area contributed by atoms with E-state index in [1.165, 1.54) is 24.3 Å². The molecule has 1 aliphatic carbocycles. The Kier molecular flexibility index (Phi) is 4.90. The summed E-state index contributed by atoms with van der Waals surface area (Å²) < 4.78 is 20.5. The molecule has 1 spiro atoms. The maximum atomic E-state index is 13.8. The van der Waals surface area contributed by atoms with Gasteiger partial charge in [-0.2, -0.15) is 0 Å². The zero-order valence-electron chi connectivity index (χ0n) is 17.9. The first-order valence-electron chi connectivity index (χ1n) is 11.1. The molecule has 0 bridgehead atoms. The second kappa shape index (κ2) is 7.75. The minimum absolute atomic E-state index is 0.0540. The van der Waals surface area contributed by atoms with E-state index < -0.39 is 22.8 Å². The maximum absolute atomic E-state index is 13.8. The molecule has 0 saturated heterocycles. The van der Waals surface area contributed by atoms with E-state index in [2.05, 4.69) is 0 Å². The van der Waals surface area contributed by atoms with E-state index in [1.54, 1.807) is 16.7 Å². The summed E-state index contributed by atoms with van der Waals surface area (Å²) >= 11 is 7.28. The molecule has 34 heavy (non-hydrogen) atoms. The van der Waals surface area contributed by atoms with E-state index in [0.717, 1.165) is 60.8 Å². The average molecular weight is 496 g/mol. The van der Waals surface area contributed by atoms with Crippen LogP contribution in [-0.2, 0) is 5.41 Å². The Hall–Kier alpha value is -3.03. The molecule has 0 unspecified atom stereocenters. The standard InChI is InChI=1S/C26H19ClFNO4S/c27-14-4-9-18-17(12-14)26(10-2-1-3-11-26)20-13-19-21(24(31)29(18)20)22(30)23(25(32)33-19)34-16-7-5-15(28)6-8-16/h4-9,12-13,30H,1-3,10-11H2. The Labute approximate surface area is 202 Å². The summed E-state index contributed by atoms with van der Waals surface area (Å²) in [7, 11) is 0. The smallest absolute Gasteiger partial charge is 0.354 e. The monoisotopic (exact) mass is 495 g/mol. The van der Waals surface area contributed by atoms with Crippen molar-refractivity contribution in [2.24, 2.45) is 0 Å². The van der Waals surface area contributed by atoms with Crippen LogP contribution >= 0.6 is 23.4 Å². The van der Waals surface area contributed by atoms with E-state index in [1.807, 2.05) is 12.1 Å². The number of hydrogen-bond donors (Lipinski definition) is 1. The highest BCUT2D eigenvalue weighted by atomic mass is 35.5. The zero-order valence-corrected chi connectivity index (χ0v) is 19.5. The fourth-order valence-corrected chi connectivity index (χ4v) is 6.45. The number of halogens is 2. The lowest BCUT2D eigenvalue weighted by Gasteiger charge is -2.34. The van der Waals surface area contributed by atoms with Gasteiger partial charge in [0.2, 0.25) is 0 Å². The van der Waals surface area contributed by atoms with Crippen molar-refractivity contribution in [1.82, 2.24) is 4.57 Å². The van der Waals surface area contributed by atoms with Crippen LogP contribution in [0.2, 0.25) is 5.02 Å². The lowest BCUT2D eigenvalue weighted by Crippen LogP contribution is -2.31. The molecule has 2 aromatic heterocycles. The first kappa shape index (κ1) is 21.5. The first-order valence-corrected chi connectivity index (χ1v) is 12.3. The molecule has 1 N–H and O–H groups in total. The third-order valence-electron chi connectivity index (χ3n) is 6.96. The van der Waals surface area contributed by atoms with Crippen molar-refractivity contribution >= 4 is 34.3 Å². The van der Waals surface area contributed by atoms with Crippen molar-refractivity contribution in [1.29, 1.82) is 0 Å². The van der Waals surface area contributed by atoms with Gasteiger partial charge in [0.25, 0.3) is 5.56 Å². The lowest BCUT2D eigenvalue weighted by atomic mass is 9.68. The summed E-state index contributed by atoms with van der Waals surface area (Å²) in [4.78, 5) is 27.1. The summed E-state index contributed by atoms with van der Waals surface area (Å²) in [5, 5.41) is 11.6. The van der Waals surface area contributed by atoms with Gasteiger partial charge < -0.3 is 9.52 Å². The Bertz CT molecular complexity index is 1590. The van der Waals surface area contributed by atoms with Crippen molar-refractivity contribution in [2.45, 2.75) is 47.3 Å². The summed E-state index contributed by atoms with van der Waals surface area (Å²) in [6, 6.07) is 12.7. The van der Waals surface area contributed by atoms with Gasteiger partial charge in [-0.3, -0.25) is 9.36 Å². The van der Waals surface area contributed by atoms with E-state index in [4.69, 9.17) is 16.0 Å². The van der Waals surface area contributed by atoms with E-state index >= 15 is 0 Å². The highest BCUT2D eigenvalue weighted by Gasteiger charge is 2.45. The van der Waals surface area contributed by atoms with Gasteiger partial charge in [-0.25, -0.2) is 9.18 Å². The van der Waals surface area contributed by atoms with E-state index in [0.29, 0.717) is 9.92 Å². The first-order chi connectivity index (χ1) is 16.4. The van der Waals surface area contributed by atoms with Crippen molar-refractivity contribution in [3.63, 3.8) is 0 Å². The molecule has 8 heteroatoms. The highest BCUT2D eigenvalue weighted by Crippen LogP contribution is 2.52. The second-order valence-electron chi connectivity index (χ2n) is 8.84. The molecule has 1 saturated carbocycles. The maximum Gasteiger partial charge on any atom is 0.354 e. The Morgan fingerprint density at radius 3 is 2.50 bits per heavy atom. The molecular formula is C26H19ClFNO4S. The molecule has 2 aromatic carbocycles. The average Bonchev–Trinajstić information content (AvgIpc) is 3.07. The van der Waals surface area contributed by atoms with Gasteiger partial charge in [-0.15, -0.1) is 0 Å². The number of aromatic hydroxyl groups is 1. The van der Waals surface area contributed by atoms with Gasteiger partial charge >= 0.3 is 5.63 Å². The number of fused-ring (bicyclic) bond motifs is 6. The quantitative estimate of drug-likeness (QED) is 0.360. The number of aromatic nitrogens is 1. The SMILES string of the molecule is O=c1oc2cc3n(c(=O)c2c(O)c1Sc1ccc(F)cc1)-c1ccc(Cl)cc1C31CCCCC1. The molecule has 2 aliphatic rings. The predicted octanol–water partition coefficient (Wildman–Crippen LogP) is 6.16. The van der Waals surface area contributed by atoms with Gasteiger partial charge in [0, 0.05) is 27.1 Å². The summed E-state index contributed by atoms with van der Waals surface area (Å²) in [6.07, 6.45) is 4.87. The molecule has 1 fully saturated rings. The van der Waals surface area contributed by atoms with Gasteiger partial charge in [0.1, 0.15) is 21.7 Å². The number of pyridine rings is 1. The normalized spacial score (nSPS) is 16.1. The number of nitrogens with zero attached hydrogens (tertiary/aromatic N) is 1. The van der Waals surface area contributed by atoms with Crippen molar-refractivity contribution in [3.05, 3.63) is 91.4 Å². The van der Waals surface area contributed by atoms with Crippen LogP contribution in [0.4, 0.5) is 4.39 Å². The number of benzene rings is 2. The topological polar surface area (TPSA) is 72.4 Å². The fraction of sp³-hybridized carbons (Fsp3) is 0.231. The second-order valence-corrected chi connectivity index (χ2v) is 10.4. The van der Waals surface area contributed by atoms with Gasteiger partial charge in [0.15, 0.2) is 5.75 Å². The Morgan fingerprint density at radius 2 is 1.76 bits per heavy atom. The zero-order chi connectivity index (χ0) is 23.6. The van der Waals surface area contributed by atoms with Crippen LogP contribution < -0.4 is 11.2 Å². The molecule has 5 nitrogen and oxygen atoms in total. The molecule has 0 atom stereocenters. The van der Waals surface area contributed by atoms with Crippen LogP contribution in [0.3, 0.4) is 0 Å². The number of rotatable bonds is 2. The molecular weight excluding hydrogens is 477 g/mol. The minimum Gasteiger partial charge on any atom is -0.505 e. The predicted molar refractivity (Wildman–Crippen MR) is 129 cm³/mol. The Balaban J connectivity index is 1.62. The van der Waals surface area contributed by atoms with Crippen molar-refractivity contribution in [3.8, 4) is 11.4 Å². The molecule has 0 radical (unpaired) electrons. The third-order valence-corrected chi connectivity index (χ3v) is 8.27. The van der Waals surface area contributed by atoms with Crippen LogP contribution in [0.1, 0.15) is 43.4 Å². The molecule has 3 heterocycles.